The van der Waals surface area contributed by atoms with E-state index in [1.165, 1.54) is 12.0 Å². The number of imidazole rings is 1. The van der Waals surface area contributed by atoms with Crippen LogP contribution >= 0.6 is 0 Å². The molecular formula is C24H24N4O2S. The summed E-state index contributed by atoms with van der Waals surface area (Å²) in [6.45, 7) is 0.673. The first kappa shape index (κ1) is 19.9. The third kappa shape index (κ3) is 4.11. The molecule has 31 heavy (non-hydrogen) atoms. The Kier molecular flexibility index (Phi) is 5.29. The summed E-state index contributed by atoms with van der Waals surface area (Å²) in [5.74, 6) is 0.638. The van der Waals surface area contributed by atoms with Gasteiger partial charge in [0.05, 0.1) is 18.0 Å². The van der Waals surface area contributed by atoms with Crippen molar-refractivity contribution in [2.45, 2.75) is 43.7 Å². The number of pyridine rings is 1. The van der Waals surface area contributed by atoms with E-state index in [4.69, 9.17) is 0 Å². The van der Waals surface area contributed by atoms with Gasteiger partial charge < -0.3 is 4.57 Å². The van der Waals surface area contributed by atoms with E-state index in [0.29, 0.717) is 17.3 Å². The van der Waals surface area contributed by atoms with Crippen molar-refractivity contribution in [3.8, 4) is 0 Å². The van der Waals surface area contributed by atoms with Crippen LogP contribution in [0.2, 0.25) is 0 Å². The van der Waals surface area contributed by atoms with Crippen molar-refractivity contribution < 1.29 is 8.42 Å². The molecule has 0 amide bonds. The van der Waals surface area contributed by atoms with E-state index in [0.717, 1.165) is 41.6 Å². The van der Waals surface area contributed by atoms with Crippen molar-refractivity contribution in [3.63, 3.8) is 0 Å². The van der Waals surface area contributed by atoms with Gasteiger partial charge in [0, 0.05) is 6.20 Å². The highest BCUT2D eigenvalue weighted by Gasteiger charge is 2.20. The number of benzene rings is 2. The van der Waals surface area contributed by atoms with Gasteiger partial charge in [-0.1, -0.05) is 36.4 Å². The molecule has 7 heteroatoms. The van der Waals surface area contributed by atoms with Gasteiger partial charge in [-0.05, 0) is 66.6 Å². The van der Waals surface area contributed by atoms with Crippen LogP contribution in [0.5, 0.6) is 0 Å². The van der Waals surface area contributed by atoms with E-state index < -0.39 is 10.0 Å². The average Bonchev–Trinajstić information content (AvgIpc) is 3.15. The number of nitrogens with one attached hydrogen (secondary N) is 1. The maximum Gasteiger partial charge on any atom is 0.240 e. The quantitative estimate of drug-likeness (QED) is 0.502. The number of hydrogen-bond donors (Lipinski definition) is 1. The van der Waals surface area contributed by atoms with Crippen LogP contribution in [0.1, 0.15) is 35.4 Å². The first-order valence-corrected chi connectivity index (χ1v) is 12.0. The van der Waals surface area contributed by atoms with Gasteiger partial charge in [-0.3, -0.25) is 0 Å². The van der Waals surface area contributed by atoms with Crippen LogP contribution < -0.4 is 4.72 Å². The minimum absolute atomic E-state index is 0.0998. The van der Waals surface area contributed by atoms with Crippen LogP contribution in [0.3, 0.4) is 0 Å². The lowest BCUT2D eigenvalue weighted by atomic mass is 9.92. The molecule has 2 aromatic carbocycles. The summed E-state index contributed by atoms with van der Waals surface area (Å²) >= 11 is 0. The second-order valence-corrected chi connectivity index (χ2v) is 9.68. The molecule has 0 unspecified atom stereocenters. The third-order valence-corrected chi connectivity index (χ3v) is 7.22. The Balaban J connectivity index is 1.43. The van der Waals surface area contributed by atoms with Crippen LogP contribution in [0.25, 0.3) is 11.2 Å². The lowest BCUT2D eigenvalue weighted by molar-refractivity contribution is 0.576. The molecule has 158 valence electrons. The van der Waals surface area contributed by atoms with Gasteiger partial charge in [0.2, 0.25) is 10.0 Å². The molecule has 1 N–H and O–H groups in total. The summed E-state index contributed by atoms with van der Waals surface area (Å²) < 4.78 is 30.7. The summed E-state index contributed by atoms with van der Waals surface area (Å²) in [6, 6.07) is 19.2. The molecule has 0 spiro atoms. The second kappa shape index (κ2) is 8.24. The van der Waals surface area contributed by atoms with Gasteiger partial charge in [-0.25, -0.2) is 23.1 Å². The van der Waals surface area contributed by atoms with E-state index in [9.17, 15) is 8.42 Å². The predicted molar refractivity (Wildman–Crippen MR) is 120 cm³/mol. The lowest BCUT2D eigenvalue weighted by Crippen LogP contribution is -2.25. The van der Waals surface area contributed by atoms with Crippen molar-refractivity contribution in [1.29, 1.82) is 0 Å². The number of sulfonamides is 1. The number of fused-ring (bicyclic) bond motifs is 2. The number of hydrogen-bond acceptors (Lipinski definition) is 4. The Labute approximate surface area is 182 Å². The zero-order valence-electron chi connectivity index (χ0n) is 17.2. The summed E-state index contributed by atoms with van der Waals surface area (Å²) in [7, 11) is -3.64. The fourth-order valence-electron chi connectivity index (χ4n) is 4.19. The van der Waals surface area contributed by atoms with Crippen LogP contribution in [0, 0.1) is 0 Å². The monoisotopic (exact) mass is 432 g/mol. The highest BCUT2D eigenvalue weighted by Crippen LogP contribution is 2.24. The smallest absolute Gasteiger partial charge is 0.240 e. The molecule has 5 rings (SSSR count). The Bertz CT molecular complexity index is 1330. The average molecular weight is 433 g/mol. The molecular weight excluding hydrogens is 408 g/mol. The molecule has 2 aromatic heterocycles. The summed E-state index contributed by atoms with van der Waals surface area (Å²) in [4.78, 5) is 9.44. The molecule has 0 atom stereocenters. The summed E-state index contributed by atoms with van der Waals surface area (Å²) in [5, 5.41) is 0. The lowest BCUT2D eigenvalue weighted by Gasteiger charge is -2.17. The number of rotatable bonds is 6. The van der Waals surface area contributed by atoms with E-state index >= 15 is 0 Å². The molecule has 1 aliphatic carbocycles. The molecule has 0 bridgehead atoms. The second-order valence-electron chi connectivity index (χ2n) is 7.91. The number of nitrogens with zero attached hydrogens (tertiary/aromatic N) is 3. The van der Waals surface area contributed by atoms with Gasteiger partial charge in [0.1, 0.15) is 11.3 Å². The Morgan fingerprint density at radius 3 is 2.58 bits per heavy atom. The zero-order valence-corrected chi connectivity index (χ0v) is 18.0. The van der Waals surface area contributed by atoms with Gasteiger partial charge >= 0.3 is 0 Å². The normalized spacial score (nSPS) is 13.9. The van der Waals surface area contributed by atoms with Gasteiger partial charge in [0.25, 0.3) is 0 Å². The third-order valence-electron chi connectivity index (χ3n) is 5.82. The van der Waals surface area contributed by atoms with Crippen molar-refractivity contribution in [2.75, 3.05) is 0 Å². The fraction of sp³-hybridized carbons (Fsp3) is 0.250. The van der Waals surface area contributed by atoms with Crippen molar-refractivity contribution in [2.24, 2.45) is 0 Å². The Hall–Kier alpha value is -3.03. The Morgan fingerprint density at radius 2 is 1.74 bits per heavy atom. The van der Waals surface area contributed by atoms with E-state index in [1.54, 1.807) is 12.3 Å². The molecule has 2 heterocycles. The molecule has 0 aliphatic heterocycles. The van der Waals surface area contributed by atoms with Gasteiger partial charge in [0.15, 0.2) is 5.65 Å². The van der Waals surface area contributed by atoms with Crippen LogP contribution in [0.4, 0.5) is 0 Å². The van der Waals surface area contributed by atoms with Gasteiger partial charge in [-0.15, -0.1) is 0 Å². The molecule has 4 aromatic rings. The molecule has 0 radical (unpaired) electrons. The Morgan fingerprint density at radius 1 is 0.935 bits per heavy atom. The molecule has 0 saturated heterocycles. The van der Waals surface area contributed by atoms with Crippen molar-refractivity contribution in [3.05, 3.63) is 89.4 Å². The minimum Gasteiger partial charge on any atom is -0.307 e. The van der Waals surface area contributed by atoms with Crippen LogP contribution in [-0.4, -0.2) is 23.0 Å². The van der Waals surface area contributed by atoms with E-state index in [2.05, 4.69) is 14.7 Å². The first-order valence-electron chi connectivity index (χ1n) is 10.6. The molecule has 6 nitrogen and oxygen atoms in total. The predicted octanol–water partition coefficient (Wildman–Crippen LogP) is 3.84. The van der Waals surface area contributed by atoms with Gasteiger partial charge in [-0.2, -0.15) is 0 Å². The van der Waals surface area contributed by atoms with Crippen LogP contribution in [-0.2, 0) is 36.0 Å². The summed E-state index contributed by atoms with van der Waals surface area (Å²) in [6.07, 6.45) is 5.98. The maximum absolute atomic E-state index is 13.0. The van der Waals surface area contributed by atoms with E-state index in [-0.39, 0.29) is 6.54 Å². The standard InChI is InChI=1S/C24H24N4O2S/c29-31(30,21-13-12-19-9-4-5-10-20(19)15-21)26-16-23-27-22-11-6-14-25-24(22)28(23)17-18-7-2-1-3-8-18/h1-3,6-8,11-15,26H,4-5,9-10,16-17H2. The summed E-state index contributed by atoms with van der Waals surface area (Å²) in [5.41, 5.74) is 5.01. The van der Waals surface area contributed by atoms with Crippen LogP contribution in [0.15, 0.2) is 71.8 Å². The molecule has 1 aliphatic rings. The zero-order chi connectivity index (χ0) is 21.3. The highest BCUT2D eigenvalue weighted by atomic mass is 32.2. The number of aromatic nitrogens is 3. The topological polar surface area (TPSA) is 76.9 Å². The molecule has 0 saturated carbocycles. The SMILES string of the molecule is O=S(=O)(NCc1nc2cccnc2n1Cc1ccccc1)c1ccc2c(c1)CCCC2. The minimum atomic E-state index is -3.64. The number of aryl methyl sites for hydroxylation is 2. The van der Waals surface area contributed by atoms with Crippen molar-refractivity contribution >= 4 is 21.2 Å². The highest BCUT2D eigenvalue weighted by molar-refractivity contribution is 7.89. The fourth-order valence-corrected chi connectivity index (χ4v) is 5.22. The van der Waals surface area contributed by atoms with E-state index in [1.807, 2.05) is 59.2 Å². The largest absolute Gasteiger partial charge is 0.307 e. The molecule has 0 fully saturated rings. The first-order chi connectivity index (χ1) is 15.1. The van der Waals surface area contributed by atoms with Crippen molar-refractivity contribution in [1.82, 2.24) is 19.3 Å². The maximum atomic E-state index is 13.0.